The molecule has 6 heteroatoms. The predicted molar refractivity (Wildman–Crippen MR) is 88.7 cm³/mol. The molecule has 1 aliphatic rings. The van der Waals surface area contributed by atoms with Crippen molar-refractivity contribution in [3.63, 3.8) is 0 Å². The average Bonchev–Trinajstić information content (AvgIpc) is 3.17. The third-order valence-electron chi connectivity index (χ3n) is 4.01. The van der Waals surface area contributed by atoms with Crippen LogP contribution >= 0.6 is 11.3 Å². The van der Waals surface area contributed by atoms with E-state index in [-0.39, 0.29) is 17.9 Å². The second kappa shape index (κ2) is 6.54. The van der Waals surface area contributed by atoms with Crippen molar-refractivity contribution in [3.8, 4) is 10.6 Å². The number of anilines is 1. The molecule has 22 heavy (non-hydrogen) atoms. The van der Waals surface area contributed by atoms with Crippen LogP contribution in [0.25, 0.3) is 10.6 Å². The quantitative estimate of drug-likeness (QED) is 0.910. The van der Waals surface area contributed by atoms with Crippen molar-refractivity contribution in [2.24, 2.45) is 11.8 Å². The molecule has 116 valence electrons. The van der Waals surface area contributed by atoms with Gasteiger partial charge in [-0.3, -0.25) is 9.78 Å². The van der Waals surface area contributed by atoms with E-state index in [1.54, 1.807) is 12.4 Å². The van der Waals surface area contributed by atoms with Crippen molar-refractivity contribution >= 4 is 23.1 Å². The molecule has 0 aromatic carbocycles. The molecular weight excluding hydrogens is 296 g/mol. The van der Waals surface area contributed by atoms with E-state index in [4.69, 9.17) is 0 Å². The lowest BCUT2D eigenvalue weighted by molar-refractivity contribution is -0.120. The van der Waals surface area contributed by atoms with Crippen LogP contribution in [0, 0.1) is 11.8 Å². The summed E-state index contributed by atoms with van der Waals surface area (Å²) in [6, 6.07) is 4.08. The van der Waals surface area contributed by atoms with Gasteiger partial charge in [-0.2, -0.15) is 0 Å². The van der Waals surface area contributed by atoms with Crippen LogP contribution in [0.15, 0.2) is 29.9 Å². The van der Waals surface area contributed by atoms with Gasteiger partial charge in [0.1, 0.15) is 10.8 Å². The van der Waals surface area contributed by atoms with E-state index in [9.17, 15) is 4.79 Å². The summed E-state index contributed by atoms with van der Waals surface area (Å²) >= 11 is 1.53. The molecule has 2 unspecified atom stereocenters. The molecule has 2 atom stereocenters. The number of hydrogen-bond acceptors (Lipinski definition) is 5. The predicted octanol–water partition coefficient (Wildman–Crippen LogP) is 2.78. The van der Waals surface area contributed by atoms with Gasteiger partial charge >= 0.3 is 0 Å². The van der Waals surface area contributed by atoms with Crippen molar-refractivity contribution < 1.29 is 4.79 Å². The second-order valence-corrected chi connectivity index (χ2v) is 6.74. The summed E-state index contributed by atoms with van der Waals surface area (Å²) in [6.45, 7) is 5.20. The van der Waals surface area contributed by atoms with Crippen LogP contribution in [0.1, 0.15) is 20.3 Å². The minimum Gasteiger partial charge on any atom is -0.313 e. The second-order valence-electron chi connectivity index (χ2n) is 5.88. The standard InChI is InChI=1S/C16H20N4OS/c1-10(2)14-12(5-8-18-14)15(21)19-13-9-22-16(20-13)11-3-6-17-7-4-11/h3-4,6-7,9-10,12,14,18H,5,8H2,1-2H3,(H,19,21). The van der Waals surface area contributed by atoms with Gasteiger partial charge in [-0.15, -0.1) is 11.3 Å². The fraction of sp³-hybridized carbons (Fsp3) is 0.438. The lowest BCUT2D eigenvalue weighted by atomic mass is 9.91. The maximum Gasteiger partial charge on any atom is 0.230 e. The van der Waals surface area contributed by atoms with Gasteiger partial charge in [-0.25, -0.2) is 4.98 Å². The molecule has 5 nitrogen and oxygen atoms in total. The van der Waals surface area contributed by atoms with Crippen LogP contribution in [0.5, 0.6) is 0 Å². The smallest absolute Gasteiger partial charge is 0.230 e. The maximum absolute atomic E-state index is 12.5. The highest BCUT2D eigenvalue weighted by Gasteiger charge is 2.34. The topological polar surface area (TPSA) is 66.9 Å². The highest BCUT2D eigenvalue weighted by atomic mass is 32.1. The first kappa shape index (κ1) is 15.1. The molecule has 2 aromatic rings. The lowest BCUT2D eigenvalue weighted by Crippen LogP contribution is -2.38. The molecule has 1 fully saturated rings. The molecule has 0 spiro atoms. The zero-order valence-electron chi connectivity index (χ0n) is 12.7. The van der Waals surface area contributed by atoms with E-state index in [0.717, 1.165) is 23.5 Å². The molecule has 3 rings (SSSR count). The van der Waals surface area contributed by atoms with Crippen molar-refractivity contribution in [1.29, 1.82) is 0 Å². The fourth-order valence-electron chi connectivity index (χ4n) is 2.90. The van der Waals surface area contributed by atoms with E-state index in [2.05, 4.69) is 34.4 Å². The summed E-state index contributed by atoms with van der Waals surface area (Å²) in [5.74, 6) is 1.17. The third-order valence-corrected chi connectivity index (χ3v) is 4.90. The van der Waals surface area contributed by atoms with Gasteiger partial charge in [0, 0.05) is 29.4 Å². The Morgan fingerprint density at radius 3 is 2.91 bits per heavy atom. The Labute approximate surface area is 134 Å². The summed E-state index contributed by atoms with van der Waals surface area (Å²) < 4.78 is 0. The summed E-state index contributed by atoms with van der Waals surface area (Å²) in [5.41, 5.74) is 1.02. The average molecular weight is 316 g/mol. The Hall–Kier alpha value is -1.79. The van der Waals surface area contributed by atoms with Crippen LogP contribution in [0.3, 0.4) is 0 Å². The van der Waals surface area contributed by atoms with E-state index >= 15 is 0 Å². The third kappa shape index (κ3) is 3.18. The van der Waals surface area contributed by atoms with E-state index < -0.39 is 0 Å². The van der Waals surface area contributed by atoms with Gasteiger partial charge in [0.2, 0.25) is 5.91 Å². The Kier molecular flexibility index (Phi) is 4.49. The van der Waals surface area contributed by atoms with E-state index in [1.807, 2.05) is 17.5 Å². The zero-order chi connectivity index (χ0) is 15.5. The van der Waals surface area contributed by atoms with Gasteiger partial charge in [0.05, 0.1) is 5.92 Å². The van der Waals surface area contributed by atoms with Gasteiger partial charge in [-0.05, 0) is 31.0 Å². The maximum atomic E-state index is 12.5. The van der Waals surface area contributed by atoms with Crippen molar-refractivity contribution in [2.75, 3.05) is 11.9 Å². The molecule has 1 aliphatic heterocycles. The van der Waals surface area contributed by atoms with Crippen LogP contribution in [-0.2, 0) is 4.79 Å². The number of carbonyl (C=O) groups excluding carboxylic acids is 1. The van der Waals surface area contributed by atoms with Crippen molar-refractivity contribution in [1.82, 2.24) is 15.3 Å². The van der Waals surface area contributed by atoms with Crippen LogP contribution in [0.2, 0.25) is 0 Å². The van der Waals surface area contributed by atoms with Crippen LogP contribution < -0.4 is 10.6 Å². The van der Waals surface area contributed by atoms with Gasteiger partial charge in [0.25, 0.3) is 0 Å². The summed E-state index contributed by atoms with van der Waals surface area (Å²) in [5, 5.41) is 9.16. The van der Waals surface area contributed by atoms with Crippen molar-refractivity contribution in [3.05, 3.63) is 29.9 Å². The monoisotopic (exact) mass is 316 g/mol. The summed E-state index contributed by atoms with van der Waals surface area (Å²) in [7, 11) is 0. The van der Waals surface area contributed by atoms with Crippen LogP contribution in [-0.4, -0.2) is 28.5 Å². The Morgan fingerprint density at radius 2 is 2.18 bits per heavy atom. The minimum atomic E-state index is 0.0195. The zero-order valence-corrected chi connectivity index (χ0v) is 13.6. The largest absolute Gasteiger partial charge is 0.313 e. The van der Waals surface area contributed by atoms with E-state index in [1.165, 1.54) is 11.3 Å². The molecule has 1 saturated heterocycles. The Morgan fingerprint density at radius 1 is 1.41 bits per heavy atom. The highest BCUT2D eigenvalue weighted by molar-refractivity contribution is 7.13. The van der Waals surface area contributed by atoms with Gasteiger partial charge < -0.3 is 10.6 Å². The normalized spacial score (nSPS) is 21.2. The fourth-order valence-corrected chi connectivity index (χ4v) is 3.66. The molecule has 2 N–H and O–H groups in total. The first-order valence-electron chi connectivity index (χ1n) is 7.55. The molecule has 1 amide bonds. The van der Waals surface area contributed by atoms with E-state index in [0.29, 0.717) is 11.7 Å². The molecule has 2 aromatic heterocycles. The Bertz CT molecular complexity index is 641. The molecule has 0 bridgehead atoms. The SMILES string of the molecule is CC(C)C1NCCC1C(=O)Nc1csc(-c2ccncc2)n1. The number of pyridine rings is 1. The molecule has 0 saturated carbocycles. The van der Waals surface area contributed by atoms with Crippen LogP contribution in [0.4, 0.5) is 5.82 Å². The molecule has 0 radical (unpaired) electrons. The number of nitrogens with one attached hydrogen (secondary N) is 2. The number of aromatic nitrogens is 2. The van der Waals surface area contributed by atoms with Crippen molar-refractivity contribution in [2.45, 2.75) is 26.3 Å². The minimum absolute atomic E-state index is 0.0195. The number of rotatable bonds is 4. The summed E-state index contributed by atoms with van der Waals surface area (Å²) in [4.78, 5) is 21.0. The van der Waals surface area contributed by atoms with Gasteiger partial charge in [-0.1, -0.05) is 13.8 Å². The number of hydrogen-bond donors (Lipinski definition) is 2. The van der Waals surface area contributed by atoms with Gasteiger partial charge in [0.15, 0.2) is 0 Å². The number of nitrogens with zero attached hydrogens (tertiary/aromatic N) is 2. The highest BCUT2D eigenvalue weighted by Crippen LogP contribution is 2.27. The first-order valence-corrected chi connectivity index (χ1v) is 8.43. The summed E-state index contributed by atoms with van der Waals surface area (Å²) in [6.07, 6.45) is 4.37. The molecule has 3 heterocycles. The molecule has 0 aliphatic carbocycles. The Balaban J connectivity index is 1.69. The first-order chi connectivity index (χ1) is 10.6. The number of amides is 1. The molecular formula is C16H20N4OS. The number of thiazole rings is 1. The lowest BCUT2D eigenvalue weighted by Gasteiger charge is -2.21. The number of carbonyl (C=O) groups is 1.